The van der Waals surface area contributed by atoms with Crippen molar-refractivity contribution in [1.82, 2.24) is 4.98 Å². The van der Waals surface area contributed by atoms with Crippen LogP contribution < -0.4 is 0 Å². The van der Waals surface area contributed by atoms with Gasteiger partial charge in [0.1, 0.15) is 5.69 Å². The Morgan fingerprint density at radius 3 is 2.25 bits per heavy atom. The van der Waals surface area contributed by atoms with Gasteiger partial charge < -0.3 is 4.98 Å². The maximum Gasteiger partial charge on any atom is 0.431 e. The number of rotatable bonds is 1. The Morgan fingerprint density at radius 1 is 1.42 bits per heavy atom. The van der Waals surface area contributed by atoms with Gasteiger partial charge in [-0.2, -0.15) is 13.2 Å². The standard InChI is InChI=1S/C7H6F3NO/c1-4(12)5-2-3-6(11-5)7(8,9)10/h2-3,11H,1H3. The maximum absolute atomic E-state index is 11.9. The van der Waals surface area contributed by atoms with Crippen LogP contribution in [-0.2, 0) is 6.18 Å². The van der Waals surface area contributed by atoms with Crippen LogP contribution in [0.25, 0.3) is 0 Å². The van der Waals surface area contributed by atoms with E-state index >= 15 is 0 Å². The predicted molar refractivity (Wildman–Crippen MR) is 35.8 cm³/mol. The SMILES string of the molecule is CC(=O)c1ccc(C(F)(F)F)[nH]1. The first-order valence-electron chi connectivity index (χ1n) is 3.18. The molecule has 0 aliphatic heterocycles. The molecule has 0 aliphatic carbocycles. The number of hydrogen-bond acceptors (Lipinski definition) is 1. The molecular formula is C7H6F3NO. The van der Waals surface area contributed by atoms with E-state index in [1.807, 2.05) is 4.98 Å². The zero-order valence-electron chi connectivity index (χ0n) is 6.20. The van der Waals surface area contributed by atoms with Gasteiger partial charge in [-0.25, -0.2) is 0 Å². The Hall–Kier alpha value is -1.26. The molecule has 66 valence electrons. The van der Waals surface area contributed by atoms with Gasteiger partial charge in [-0.05, 0) is 12.1 Å². The van der Waals surface area contributed by atoms with Crippen molar-refractivity contribution in [2.45, 2.75) is 13.1 Å². The molecule has 0 aromatic carbocycles. The number of carbonyl (C=O) groups excluding carboxylic acids is 1. The number of aromatic nitrogens is 1. The summed E-state index contributed by atoms with van der Waals surface area (Å²) in [4.78, 5) is 12.6. The van der Waals surface area contributed by atoms with Crippen molar-refractivity contribution in [3.05, 3.63) is 23.5 Å². The van der Waals surface area contributed by atoms with Crippen LogP contribution >= 0.6 is 0 Å². The molecule has 1 heterocycles. The van der Waals surface area contributed by atoms with Crippen LogP contribution in [0, 0.1) is 0 Å². The molecule has 0 fully saturated rings. The summed E-state index contributed by atoms with van der Waals surface area (Å²) < 4.78 is 35.8. The van der Waals surface area contributed by atoms with Gasteiger partial charge in [0.05, 0.1) is 5.69 Å². The van der Waals surface area contributed by atoms with Crippen LogP contribution in [0.4, 0.5) is 13.2 Å². The van der Waals surface area contributed by atoms with Crippen molar-refractivity contribution in [1.29, 1.82) is 0 Å². The Bertz CT molecular complexity index is 300. The number of halogens is 3. The lowest BCUT2D eigenvalue weighted by Crippen LogP contribution is -2.05. The van der Waals surface area contributed by atoms with Gasteiger partial charge in [0, 0.05) is 6.92 Å². The first-order valence-corrected chi connectivity index (χ1v) is 3.18. The van der Waals surface area contributed by atoms with Crippen molar-refractivity contribution in [3.8, 4) is 0 Å². The highest BCUT2D eigenvalue weighted by Crippen LogP contribution is 2.28. The second-order valence-corrected chi connectivity index (χ2v) is 2.34. The fraction of sp³-hybridized carbons (Fsp3) is 0.286. The van der Waals surface area contributed by atoms with E-state index in [2.05, 4.69) is 0 Å². The van der Waals surface area contributed by atoms with E-state index in [1.54, 1.807) is 0 Å². The number of alkyl halides is 3. The second-order valence-electron chi connectivity index (χ2n) is 2.34. The van der Waals surface area contributed by atoms with Crippen LogP contribution in [0.1, 0.15) is 23.1 Å². The highest BCUT2D eigenvalue weighted by molar-refractivity contribution is 5.92. The third-order valence-corrected chi connectivity index (χ3v) is 1.37. The van der Waals surface area contributed by atoms with Crippen molar-refractivity contribution in [2.24, 2.45) is 0 Å². The lowest BCUT2D eigenvalue weighted by atomic mass is 10.3. The first kappa shape index (κ1) is 8.83. The van der Waals surface area contributed by atoms with E-state index in [0.717, 1.165) is 12.1 Å². The minimum atomic E-state index is -4.41. The van der Waals surface area contributed by atoms with Gasteiger partial charge in [-0.1, -0.05) is 0 Å². The summed E-state index contributed by atoms with van der Waals surface area (Å²) in [5, 5.41) is 0. The van der Waals surface area contributed by atoms with Gasteiger partial charge >= 0.3 is 6.18 Å². The van der Waals surface area contributed by atoms with Gasteiger partial charge in [0.2, 0.25) is 0 Å². The normalized spacial score (nSPS) is 11.7. The fourth-order valence-corrected chi connectivity index (χ4v) is 0.766. The quantitative estimate of drug-likeness (QED) is 0.655. The Balaban J connectivity index is 3.00. The lowest BCUT2D eigenvalue weighted by Gasteiger charge is -2.01. The molecule has 0 atom stereocenters. The largest absolute Gasteiger partial charge is 0.431 e. The molecule has 0 spiro atoms. The van der Waals surface area contributed by atoms with Gasteiger partial charge in [0.15, 0.2) is 5.78 Å². The lowest BCUT2D eigenvalue weighted by molar-refractivity contribution is -0.140. The minimum absolute atomic E-state index is 0.0256. The van der Waals surface area contributed by atoms with E-state index in [4.69, 9.17) is 0 Å². The molecule has 0 bridgehead atoms. The van der Waals surface area contributed by atoms with Crippen molar-refractivity contribution < 1.29 is 18.0 Å². The number of nitrogens with one attached hydrogen (secondary N) is 1. The molecule has 0 aliphatic rings. The molecule has 0 saturated carbocycles. The van der Waals surface area contributed by atoms with E-state index in [9.17, 15) is 18.0 Å². The Morgan fingerprint density at radius 2 is 2.00 bits per heavy atom. The third kappa shape index (κ3) is 1.66. The topological polar surface area (TPSA) is 32.9 Å². The Labute approximate surface area is 66.4 Å². The molecule has 0 unspecified atom stereocenters. The molecule has 1 N–H and O–H groups in total. The Kier molecular flexibility index (Phi) is 1.95. The first-order chi connectivity index (χ1) is 5.41. The van der Waals surface area contributed by atoms with E-state index in [1.165, 1.54) is 6.92 Å². The summed E-state index contributed by atoms with van der Waals surface area (Å²) in [6.45, 7) is 1.20. The van der Waals surface area contributed by atoms with E-state index < -0.39 is 17.7 Å². The van der Waals surface area contributed by atoms with Crippen LogP contribution in [0.5, 0.6) is 0 Å². The summed E-state index contributed by atoms with van der Waals surface area (Å²) in [6.07, 6.45) is -4.41. The number of carbonyl (C=O) groups is 1. The molecule has 5 heteroatoms. The molecule has 0 saturated heterocycles. The smallest absolute Gasteiger partial charge is 0.349 e. The van der Waals surface area contributed by atoms with E-state index in [0.29, 0.717) is 0 Å². The van der Waals surface area contributed by atoms with Crippen LogP contribution in [0.3, 0.4) is 0 Å². The summed E-state index contributed by atoms with van der Waals surface area (Å²) in [7, 11) is 0. The van der Waals surface area contributed by atoms with Crippen molar-refractivity contribution in [2.75, 3.05) is 0 Å². The third-order valence-electron chi connectivity index (χ3n) is 1.37. The van der Waals surface area contributed by atoms with Crippen LogP contribution in [0.2, 0.25) is 0 Å². The average Bonchev–Trinajstić information content (AvgIpc) is 2.30. The van der Waals surface area contributed by atoms with Gasteiger partial charge in [-0.15, -0.1) is 0 Å². The highest BCUT2D eigenvalue weighted by Gasteiger charge is 2.32. The molecule has 1 aromatic rings. The second kappa shape index (κ2) is 2.66. The minimum Gasteiger partial charge on any atom is -0.349 e. The molecule has 0 amide bonds. The zero-order chi connectivity index (χ0) is 9.35. The number of ketones is 1. The predicted octanol–water partition coefficient (Wildman–Crippen LogP) is 2.24. The molecule has 0 radical (unpaired) electrons. The van der Waals surface area contributed by atoms with Crippen LogP contribution in [0.15, 0.2) is 12.1 Å². The number of hydrogen-bond donors (Lipinski definition) is 1. The molecule has 1 aromatic heterocycles. The molecular weight excluding hydrogens is 171 g/mol. The summed E-state index contributed by atoms with van der Waals surface area (Å²) in [5.41, 5.74) is -0.921. The fourth-order valence-electron chi connectivity index (χ4n) is 0.766. The van der Waals surface area contributed by atoms with Gasteiger partial charge in [-0.3, -0.25) is 4.79 Å². The number of Topliss-reactive ketones (excluding diaryl/α,β-unsaturated/α-hetero) is 1. The molecule has 12 heavy (non-hydrogen) atoms. The highest BCUT2D eigenvalue weighted by atomic mass is 19.4. The summed E-state index contributed by atoms with van der Waals surface area (Å²) in [5.74, 6) is -0.412. The molecule has 1 rings (SSSR count). The molecule has 2 nitrogen and oxygen atoms in total. The van der Waals surface area contributed by atoms with Crippen molar-refractivity contribution >= 4 is 5.78 Å². The summed E-state index contributed by atoms with van der Waals surface area (Å²) >= 11 is 0. The van der Waals surface area contributed by atoms with Crippen LogP contribution in [-0.4, -0.2) is 10.8 Å². The number of H-pyrrole nitrogens is 1. The monoisotopic (exact) mass is 177 g/mol. The van der Waals surface area contributed by atoms with Crippen molar-refractivity contribution in [3.63, 3.8) is 0 Å². The summed E-state index contributed by atoms with van der Waals surface area (Å²) in [6, 6.07) is 1.96. The van der Waals surface area contributed by atoms with E-state index in [-0.39, 0.29) is 5.69 Å². The maximum atomic E-state index is 11.9. The zero-order valence-corrected chi connectivity index (χ0v) is 6.20. The number of aromatic amines is 1. The van der Waals surface area contributed by atoms with Gasteiger partial charge in [0.25, 0.3) is 0 Å². The average molecular weight is 177 g/mol.